The van der Waals surface area contributed by atoms with Gasteiger partial charge >= 0.3 is 0 Å². The first-order chi connectivity index (χ1) is 17.1. The maximum Gasteiger partial charge on any atom is 0.255 e. The summed E-state index contributed by atoms with van der Waals surface area (Å²) in [5.41, 5.74) is 3.81. The molecule has 2 amide bonds. The number of ether oxygens (including phenoxy) is 1. The van der Waals surface area contributed by atoms with Crippen LogP contribution in [-0.4, -0.2) is 47.9 Å². The number of furan rings is 1. The predicted octanol–water partition coefficient (Wildman–Crippen LogP) is 3.82. The summed E-state index contributed by atoms with van der Waals surface area (Å²) in [6.07, 6.45) is 0.185. The third-order valence-electron chi connectivity index (χ3n) is 6.73. The van der Waals surface area contributed by atoms with Crippen molar-refractivity contribution in [3.05, 3.63) is 94.4 Å². The number of benzene rings is 2. The van der Waals surface area contributed by atoms with Crippen LogP contribution >= 0.6 is 0 Å². The van der Waals surface area contributed by atoms with Gasteiger partial charge in [-0.1, -0.05) is 48.0 Å². The Labute approximate surface area is 205 Å². The van der Waals surface area contributed by atoms with Gasteiger partial charge in [-0.3, -0.25) is 14.5 Å². The van der Waals surface area contributed by atoms with Gasteiger partial charge in [0.1, 0.15) is 11.5 Å². The SMILES string of the molecule is Cc1ccc([C@@H](CC(=O)NCc2ccc(CN3CCOCC3)o2)N2Cc3ccccc3C2=O)cc1. The van der Waals surface area contributed by atoms with Crippen LogP contribution in [0.1, 0.15) is 51.0 Å². The van der Waals surface area contributed by atoms with Gasteiger partial charge in [-0.25, -0.2) is 0 Å². The zero-order valence-corrected chi connectivity index (χ0v) is 20.0. The summed E-state index contributed by atoms with van der Waals surface area (Å²) >= 11 is 0. The highest BCUT2D eigenvalue weighted by Gasteiger charge is 2.34. The first kappa shape index (κ1) is 23.3. The Morgan fingerprint density at radius 3 is 2.51 bits per heavy atom. The van der Waals surface area contributed by atoms with E-state index >= 15 is 0 Å². The van der Waals surface area contributed by atoms with E-state index in [-0.39, 0.29) is 24.3 Å². The third kappa shape index (κ3) is 5.47. The minimum absolute atomic E-state index is 0.0298. The second kappa shape index (κ2) is 10.5. The summed E-state index contributed by atoms with van der Waals surface area (Å²) in [7, 11) is 0. The van der Waals surface area contributed by atoms with Gasteiger partial charge in [0.2, 0.25) is 5.91 Å². The number of nitrogens with zero attached hydrogens (tertiary/aromatic N) is 2. The molecule has 2 aromatic carbocycles. The minimum atomic E-state index is -0.344. The summed E-state index contributed by atoms with van der Waals surface area (Å²) in [6, 6.07) is 19.2. The molecule has 1 fully saturated rings. The quantitative estimate of drug-likeness (QED) is 0.538. The lowest BCUT2D eigenvalue weighted by atomic mass is 10.00. The van der Waals surface area contributed by atoms with Crippen LogP contribution in [-0.2, 0) is 29.2 Å². The molecule has 35 heavy (non-hydrogen) atoms. The number of amides is 2. The number of morpholine rings is 1. The fraction of sp³-hybridized carbons (Fsp3) is 0.357. The van der Waals surface area contributed by atoms with Crippen LogP contribution < -0.4 is 5.32 Å². The number of carbonyl (C=O) groups is 2. The summed E-state index contributed by atoms with van der Waals surface area (Å²) in [5.74, 6) is 1.45. The van der Waals surface area contributed by atoms with Crippen LogP contribution in [0.5, 0.6) is 0 Å². The Kier molecular flexibility index (Phi) is 6.97. The van der Waals surface area contributed by atoms with Gasteiger partial charge in [0, 0.05) is 25.2 Å². The molecule has 2 aliphatic rings. The zero-order chi connectivity index (χ0) is 24.2. The highest BCUT2D eigenvalue weighted by atomic mass is 16.5. The minimum Gasteiger partial charge on any atom is -0.463 e. The number of rotatable bonds is 8. The molecule has 1 aromatic heterocycles. The second-order valence-corrected chi connectivity index (χ2v) is 9.25. The molecule has 3 aromatic rings. The smallest absolute Gasteiger partial charge is 0.255 e. The lowest BCUT2D eigenvalue weighted by Crippen LogP contribution is -2.35. The normalized spacial score (nSPS) is 16.8. The molecule has 1 saturated heterocycles. The second-order valence-electron chi connectivity index (χ2n) is 9.25. The van der Waals surface area contributed by atoms with E-state index in [4.69, 9.17) is 9.15 Å². The molecule has 0 spiro atoms. The number of hydrogen-bond acceptors (Lipinski definition) is 5. The van der Waals surface area contributed by atoms with Gasteiger partial charge in [0.15, 0.2) is 0 Å². The van der Waals surface area contributed by atoms with Gasteiger partial charge < -0.3 is 19.4 Å². The molecule has 3 heterocycles. The summed E-state index contributed by atoms with van der Waals surface area (Å²) in [4.78, 5) is 30.3. The van der Waals surface area contributed by atoms with E-state index in [2.05, 4.69) is 10.2 Å². The molecule has 1 atom stereocenters. The van der Waals surface area contributed by atoms with Crippen molar-refractivity contribution in [2.24, 2.45) is 0 Å². The number of fused-ring (bicyclic) bond motifs is 1. The van der Waals surface area contributed by atoms with Gasteiger partial charge in [-0.15, -0.1) is 0 Å². The Bertz CT molecular complexity index is 1180. The summed E-state index contributed by atoms with van der Waals surface area (Å²) in [5, 5.41) is 2.98. The monoisotopic (exact) mass is 473 g/mol. The standard InChI is InChI=1S/C28H31N3O4/c1-20-6-8-21(9-7-20)26(31-18-22-4-2-3-5-25(22)28(31)33)16-27(32)29-17-23-10-11-24(35-23)19-30-12-14-34-15-13-30/h2-11,26H,12-19H2,1H3,(H,29,32)/t26-/m1/s1. The highest BCUT2D eigenvalue weighted by molar-refractivity contribution is 5.98. The van der Waals surface area contributed by atoms with E-state index in [1.807, 2.05) is 72.5 Å². The lowest BCUT2D eigenvalue weighted by molar-refractivity contribution is -0.122. The molecular formula is C28H31N3O4. The van der Waals surface area contributed by atoms with Crippen molar-refractivity contribution in [2.45, 2.75) is 39.0 Å². The topological polar surface area (TPSA) is 75.0 Å². The molecule has 1 N–H and O–H groups in total. The van der Waals surface area contributed by atoms with Crippen LogP contribution in [0.25, 0.3) is 0 Å². The molecule has 0 radical (unpaired) electrons. The molecule has 182 valence electrons. The molecule has 7 heteroatoms. The van der Waals surface area contributed by atoms with Crippen LogP contribution in [0, 0.1) is 6.92 Å². The van der Waals surface area contributed by atoms with Crippen molar-refractivity contribution < 1.29 is 18.7 Å². The van der Waals surface area contributed by atoms with Gasteiger partial charge in [0.05, 0.1) is 38.8 Å². The molecule has 0 unspecified atom stereocenters. The highest BCUT2D eigenvalue weighted by Crippen LogP contribution is 2.33. The maximum atomic E-state index is 13.2. The van der Waals surface area contributed by atoms with Crippen molar-refractivity contribution >= 4 is 11.8 Å². The Morgan fingerprint density at radius 1 is 1.00 bits per heavy atom. The summed E-state index contributed by atoms with van der Waals surface area (Å²) in [6.45, 7) is 6.87. The van der Waals surface area contributed by atoms with Gasteiger partial charge in [0.25, 0.3) is 5.91 Å². The lowest BCUT2D eigenvalue weighted by Gasteiger charge is -2.28. The van der Waals surface area contributed by atoms with E-state index in [0.29, 0.717) is 18.7 Å². The molecule has 2 aliphatic heterocycles. The molecule has 0 saturated carbocycles. The van der Waals surface area contributed by atoms with E-state index in [0.717, 1.165) is 61.1 Å². The fourth-order valence-corrected chi connectivity index (χ4v) is 4.74. The van der Waals surface area contributed by atoms with Crippen LogP contribution in [0.3, 0.4) is 0 Å². The van der Waals surface area contributed by atoms with E-state index in [1.165, 1.54) is 0 Å². The largest absolute Gasteiger partial charge is 0.463 e. The average Bonchev–Trinajstić information content (AvgIpc) is 3.46. The first-order valence-electron chi connectivity index (χ1n) is 12.2. The first-order valence-corrected chi connectivity index (χ1v) is 12.2. The molecule has 0 aliphatic carbocycles. The van der Waals surface area contributed by atoms with Crippen LogP contribution in [0.2, 0.25) is 0 Å². The number of nitrogens with one attached hydrogen (secondary N) is 1. The maximum absolute atomic E-state index is 13.2. The predicted molar refractivity (Wildman–Crippen MR) is 132 cm³/mol. The molecule has 7 nitrogen and oxygen atoms in total. The van der Waals surface area contributed by atoms with Crippen molar-refractivity contribution in [2.75, 3.05) is 26.3 Å². The molecular weight excluding hydrogens is 442 g/mol. The Morgan fingerprint density at radius 2 is 1.74 bits per heavy atom. The number of hydrogen-bond donors (Lipinski definition) is 1. The van der Waals surface area contributed by atoms with Gasteiger partial charge in [-0.05, 0) is 36.2 Å². The summed E-state index contributed by atoms with van der Waals surface area (Å²) < 4.78 is 11.3. The fourth-order valence-electron chi connectivity index (χ4n) is 4.74. The van der Waals surface area contributed by atoms with Crippen molar-refractivity contribution in [3.8, 4) is 0 Å². The van der Waals surface area contributed by atoms with Crippen molar-refractivity contribution in [3.63, 3.8) is 0 Å². The average molecular weight is 474 g/mol. The van der Waals surface area contributed by atoms with Crippen LogP contribution in [0.15, 0.2) is 65.1 Å². The zero-order valence-electron chi connectivity index (χ0n) is 20.0. The third-order valence-corrected chi connectivity index (χ3v) is 6.73. The molecule has 5 rings (SSSR count). The van der Waals surface area contributed by atoms with Gasteiger partial charge in [-0.2, -0.15) is 0 Å². The number of carbonyl (C=O) groups excluding carboxylic acids is 2. The van der Waals surface area contributed by atoms with Crippen LogP contribution in [0.4, 0.5) is 0 Å². The molecule has 0 bridgehead atoms. The number of aryl methyl sites for hydroxylation is 1. The van der Waals surface area contributed by atoms with E-state index in [1.54, 1.807) is 0 Å². The van der Waals surface area contributed by atoms with Crippen molar-refractivity contribution in [1.29, 1.82) is 0 Å². The van der Waals surface area contributed by atoms with E-state index in [9.17, 15) is 9.59 Å². The van der Waals surface area contributed by atoms with E-state index < -0.39 is 0 Å². The Hall–Kier alpha value is -3.42. The van der Waals surface area contributed by atoms with Crippen molar-refractivity contribution in [1.82, 2.24) is 15.1 Å². The Balaban J connectivity index is 1.24.